The lowest BCUT2D eigenvalue weighted by Gasteiger charge is -2.32. The SMILES string of the molecule is Nc1ccc(OC(F)(F)F)cc1NC(=O)C1CCC(CN(C(=O)O)C2=C(Cl)CCC=C2)CC1. The number of nitrogen functional groups attached to an aromatic ring is 1. The van der Waals surface area contributed by atoms with Crippen molar-refractivity contribution in [1.29, 1.82) is 0 Å². The Hall–Kier alpha value is -2.88. The second kappa shape index (κ2) is 10.4. The standard InChI is InChI=1S/C22H25ClF3N3O4/c23-16-3-1-2-4-19(16)29(21(31)32)12-13-5-7-14(8-6-13)20(30)28-18-11-15(9-10-17(18)27)33-22(24,25)26/h2,4,9-11,13-14H,1,3,5-8,12,27H2,(H,28,30)(H,31,32). The summed E-state index contributed by atoms with van der Waals surface area (Å²) in [6.45, 7) is 0.281. The minimum absolute atomic E-state index is 0.0478. The van der Waals surface area contributed by atoms with Crippen LogP contribution in [-0.4, -0.2) is 34.9 Å². The summed E-state index contributed by atoms with van der Waals surface area (Å²) in [5.41, 5.74) is 6.44. The van der Waals surface area contributed by atoms with Crippen molar-refractivity contribution in [1.82, 2.24) is 4.90 Å². The molecule has 0 spiro atoms. The van der Waals surface area contributed by atoms with Gasteiger partial charge in [-0.05, 0) is 62.7 Å². The molecule has 0 unspecified atom stereocenters. The molecule has 1 aromatic carbocycles. The quantitative estimate of drug-likeness (QED) is 0.447. The van der Waals surface area contributed by atoms with E-state index in [9.17, 15) is 27.9 Å². The number of hydrogen-bond acceptors (Lipinski definition) is 4. The van der Waals surface area contributed by atoms with Gasteiger partial charge in [-0.15, -0.1) is 13.2 Å². The number of nitrogens with two attached hydrogens (primary N) is 1. The molecule has 2 aliphatic carbocycles. The fourth-order valence-electron chi connectivity index (χ4n) is 4.08. The highest BCUT2D eigenvalue weighted by Crippen LogP contribution is 2.34. The smallest absolute Gasteiger partial charge is 0.465 e. The van der Waals surface area contributed by atoms with E-state index in [2.05, 4.69) is 10.1 Å². The number of amides is 2. The third-order valence-electron chi connectivity index (χ3n) is 5.78. The molecule has 0 aliphatic heterocycles. The van der Waals surface area contributed by atoms with Gasteiger partial charge < -0.3 is 20.9 Å². The topological polar surface area (TPSA) is 105 Å². The Kier molecular flexibility index (Phi) is 7.78. The summed E-state index contributed by atoms with van der Waals surface area (Å²) in [7, 11) is 0. The van der Waals surface area contributed by atoms with E-state index < -0.39 is 18.2 Å². The van der Waals surface area contributed by atoms with E-state index in [1.807, 2.05) is 6.08 Å². The number of carbonyl (C=O) groups excluding carboxylic acids is 1. The van der Waals surface area contributed by atoms with E-state index in [0.29, 0.717) is 42.8 Å². The van der Waals surface area contributed by atoms with Crippen LogP contribution in [-0.2, 0) is 4.79 Å². The van der Waals surface area contributed by atoms with Crippen molar-refractivity contribution in [2.24, 2.45) is 11.8 Å². The molecule has 11 heteroatoms. The molecule has 1 fully saturated rings. The molecule has 180 valence electrons. The summed E-state index contributed by atoms with van der Waals surface area (Å²) in [5.74, 6) is -1.12. The number of allylic oxidation sites excluding steroid dienone is 3. The fraction of sp³-hybridized carbons (Fsp3) is 0.455. The maximum absolute atomic E-state index is 12.7. The zero-order valence-electron chi connectivity index (χ0n) is 17.7. The van der Waals surface area contributed by atoms with Gasteiger partial charge in [-0.2, -0.15) is 0 Å². The maximum Gasteiger partial charge on any atom is 0.573 e. The van der Waals surface area contributed by atoms with Crippen LogP contribution in [0.15, 0.2) is 41.1 Å². The van der Waals surface area contributed by atoms with Crippen LogP contribution in [0.25, 0.3) is 0 Å². The van der Waals surface area contributed by atoms with Gasteiger partial charge in [-0.3, -0.25) is 9.69 Å². The van der Waals surface area contributed by atoms with E-state index >= 15 is 0 Å². The number of nitrogens with zero attached hydrogens (tertiary/aromatic N) is 1. The number of rotatable bonds is 6. The Morgan fingerprint density at radius 2 is 1.94 bits per heavy atom. The monoisotopic (exact) mass is 487 g/mol. The van der Waals surface area contributed by atoms with Gasteiger partial charge in [0, 0.05) is 23.6 Å². The van der Waals surface area contributed by atoms with E-state index in [1.165, 1.54) is 11.0 Å². The molecule has 4 N–H and O–H groups in total. The summed E-state index contributed by atoms with van der Waals surface area (Å²) in [6.07, 6.45) is 1.34. The zero-order chi connectivity index (χ0) is 24.2. The summed E-state index contributed by atoms with van der Waals surface area (Å²) < 4.78 is 41.2. The van der Waals surface area contributed by atoms with E-state index in [0.717, 1.165) is 18.6 Å². The lowest BCUT2D eigenvalue weighted by Crippen LogP contribution is -2.36. The third-order valence-corrected chi connectivity index (χ3v) is 6.16. The second-order valence-corrected chi connectivity index (χ2v) is 8.58. The summed E-state index contributed by atoms with van der Waals surface area (Å²) in [5, 5.41) is 12.7. The first-order chi connectivity index (χ1) is 15.5. The molecule has 1 saturated carbocycles. The molecule has 0 heterocycles. The second-order valence-electron chi connectivity index (χ2n) is 8.13. The Morgan fingerprint density at radius 3 is 2.55 bits per heavy atom. The Balaban J connectivity index is 1.57. The average Bonchev–Trinajstić information content (AvgIpc) is 2.74. The van der Waals surface area contributed by atoms with Gasteiger partial charge in [0.1, 0.15) is 5.75 Å². The molecule has 3 rings (SSSR count). The van der Waals surface area contributed by atoms with Gasteiger partial charge >= 0.3 is 12.5 Å². The number of ether oxygens (including phenoxy) is 1. The number of benzene rings is 1. The third kappa shape index (κ3) is 6.80. The van der Waals surface area contributed by atoms with Gasteiger partial charge in [0.15, 0.2) is 0 Å². The van der Waals surface area contributed by atoms with Crippen molar-refractivity contribution in [3.63, 3.8) is 0 Å². The van der Waals surface area contributed by atoms with E-state index in [4.69, 9.17) is 17.3 Å². The number of carbonyl (C=O) groups is 2. The Bertz CT molecular complexity index is 957. The van der Waals surface area contributed by atoms with Crippen molar-refractivity contribution in [3.8, 4) is 5.75 Å². The molecule has 0 bridgehead atoms. The normalized spacial score (nSPS) is 21.0. The molecule has 2 aliphatic rings. The van der Waals surface area contributed by atoms with E-state index in [1.54, 1.807) is 6.08 Å². The fourth-order valence-corrected chi connectivity index (χ4v) is 4.35. The van der Waals surface area contributed by atoms with Gasteiger partial charge in [0.05, 0.1) is 17.1 Å². The Morgan fingerprint density at radius 1 is 1.24 bits per heavy atom. The van der Waals surface area contributed by atoms with Crippen LogP contribution < -0.4 is 15.8 Å². The molecule has 2 amide bonds. The van der Waals surface area contributed by atoms with Crippen molar-refractivity contribution in [3.05, 3.63) is 41.1 Å². The first kappa shape index (κ1) is 24.8. The lowest BCUT2D eigenvalue weighted by atomic mass is 9.81. The van der Waals surface area contributed by atoms with Crippen molar-refractivity contribution in [2.45, 2.75) is 44.9 Å². The van der Waals surface area contributed by atoms with Crippen LogP contribution in [0.1, 0.15) is 38.5 Å². The number of halogens is 4. The van der Waals surface area contributed by atoms with Gasteiger partial charge in [-0.25, -0.2) is 4.79 Å². The number of alkyl halides is 3. The Labute approximate surface area is 194 Å². The van der Waals surface area contributed by atoms with Crippen LogP contribution in [0.3, 0.4) is 0 Å². The minimum Gasteiger partial charge on any atom is -0.465 e. The van der Waals surface area contributed by atoms with Crippen LogP contribution in [0, 0.1) is 11.8 Å². The molecule has 7 nitrogen and oxygen atoms in total. The van der Waals surface area contributed by atoms with Crippen LogP contribution in [0.5, 0.6) is 5.75 Å². The molecule has 0 aromatic heterocycles. The minimum atomic E-state index is -4.85. The van der Waals surface area contributed by atoms with Crippen LogP contribution in [0.2, 0.25) is 0 Å². The van der Waals surface area contributed by atoms with Crippen LogP contribution >= 0.6 is 11.6 Å². The van der Waals surface area contributed by atoms with Gasteiger partial charge in [-0.1, -0.05) is 17.7 Å². The molecular weight excluding hydrogens is 463 g/mol. The first-order valence-corrected chi connectivity index (χ1v) is 10.9. The number of anilines is 2. The van der Waals surface area contributed by atoms with Crippen molar-refractivity contribution >= 4 is 35.0 Å². The molecule has 0 radical (unpaired) electrons. The average molecular weight is 488 g/mol. The van der Waals surface area contributed by atoms with Crippen molar-refractivity contribution < 1.29 is 32.6 Å². The molecule has 0 atom stereocenters. The molecule has 1 aromatic rings. The number of hydrogen-bond donors (Lipinski definition) is 3. The lowest BCUT2D eigenvalue weighted by molar-refractivity contribution is -0.274. The molecule has 33 heavy (non-hydrogen) atoms. The summed E-state index contributed by atoms with van der Waals surface area (Å²) in [4.78, 5) is 25.7. The van der Waals surface area contributed by atoms with Crippen molar-refractivity contribution in [2.75, 3.05) is 17.6 Å². The van der Waals surface area contributed by atoms with Gasteiger partial charge in [0.2, 0.25) is 5.91 Å². The predicted octanol–water partition coefficient (Wildman–Crippen LogP) is 5.69. The maximum atomic E-state index is 12.7. The highest BCUT2D eigenvalue weighted by molar-refractivity contribution is 6.30. The first-order valence-electron chi connectivity index (χ1n) is 10.5. The summed E-state index contributed by atoms with van der Waals surface area (Å²) >= 11 is 6.23. The highest BCUT2D eigenvalue weighted by Gasteiger charge is 2.32. The van der Waals surface area contributed by atoms with E-state index in [-0.39, 0.29) is 35.7 Å². The predicted molar refractivity (Wildman–Crippen MR) is 118 cm³/mol. The van der Waals surface area contributed by atoms with Crippen LogP contribution in [0.4, 0.5) is 29.3 Å². The number of carboxylic acid groups (broad SMARTS) is 1. The molecular formula is C22H25ClF3N3O4. The largest absolute Gasteiger partial charge is 0.573 e. The molecule has 0 saturated heterocycles. The zero-order valence-corrected chi connectivity index (χ0v) is 18.5. The summed E-state index contributed by atoms with van der Waals surface area (Å²) in [6, 6.07) is 3.33. The highest BCUT2D eigenvalue weighted by atomic mass is 35.5. The number of nitrogens with one attached hydrogen (secondary N) is 1. The van der Waals surface area contributed by atoms with Gasteiger partial charge in [0.25, 0.3) is 0 Å².